The molecule has 1 amide bonds. The summed E-state index contributed by atoms with van der Waals surface area (Å²) in [4.78, 5) is 14.8. The molecule has 1 aromatic heterocycles. The van der Waals surface area contributed by atoms with Gasteiger partial charge in [0.25, 0.3) is 5.91 Å². The van der Waals surface area contributed by atoms with E-state index >= 15 is 0 Å². The third-order valence-electron chi connectivity index (χ3n) is 4.71. The van der Waals surface area contributed by atoms with Crippen molar-refractivity contribution in [2.24, 2.45) is 5.92 Å². The second-order valence-electron chi connectivity index (χ2n) is 6.44. The first-order chi connectivity index (χ1) is 11.6. The van der Waals surface area contributed by atoms with Gasteiger partial charge in [0.1, 0.15) is 5.76 Å². The maximum Gasteiger partial charge on any atom is 0.252 e. The van der Waals surface area contributed by atoms with E-state index in [0.29, 0.717) is 17.1 Å². The van der Waals surface area contributed by atoms with E-state index in [0.717, 1.165) is 24.8 Å². The number of furan rings is 1. The quantitative estimate of drug-likeness (QED) is 0.885. The van der Waals surface area contributed by atoms with E-state index in [-0.39, 0.29) is 11.9 Å². The predicted octanol–water partition coefficient (Wildman–Crippen LogP) is 4.14. The maximum absolute atomic E-state index is 12.4. The zero-order valence-electron chi connectivity index (χ0n) is 13.9. The van der Waals surface area contributed by atoms with Crippen molar-refractivity contribution in [2.75, 3.05) is 19.6 Å². The summed E-state index contributed by atoms with van der Waals surface area (Å²) in [6, 6.07) is 11.0. The van der Waals surface area contributed by atoms with Crippen molar-refractivity contribution >= 4 is 17.5 Å². The van der Waals surface area contributed by atoms with Crippen LogP contribution in [-0.2, 0) is 0 Å². The Morgan fingerprint density at radius 3 is 2.71 bits per heavy atom. The number of amides is 1. The number of likely N-dealkylation sites (tertiary alicyclic amines) is 1. The van der Waals surface area contributed by atoms with Gasteiger partial charge < -0.3 is 9.73 Å². The van der Waals surface area contributed by atoms with E-state index in [1.54, 1.807) is 18.4 Å². The van der Waals surface area contributed by atoms with Gasteiger partial charge in [-0.2, -0.15) is 0 Å². The van der Waals surface area contributed by atoms with Crippen LogP contribution >= 0.6 is 11.6 Å². The first-order valence-electron chi connectivity index (χ1n) is 8.45. The highest BCUT2D eigenvalue weighted by Crippen LogP contribution is 2.27. The molecule has 1 aromatic carbocycles. The molecule has 0 saturated carbocycles. The fourth-order valence-corrected chi connectivity index (χ4v) is 3.38. The number of hydrogen-bond donors (Lipinski definition) is 1. The Labute approximate surface area is 147 Å². The number of nitrogens with one attached hydrogen (secondary N) is 1. The molecule has 1 fully saturated rings. The Balaban J connectivity index is 1.68. The highest BCUT2D eigenvalue weighted by Gasteiger charge is 2.27. The van der Waals surface area contributed by atoms with Crippen molar-refractivity contribution in [2.45, 2.75) is 25.8 Å². The van der Waals surface area contributed by atoms with Crippen molar-refractivity contribution in [1.29, 1.82) is 0 Å². The van der Waals surface area contributed by atoms with Crippen LogP contribution in [0.5, 0.6) is 0 Å². The van der Waals surface area contributed by atoms with Gasteiger partial charge in [-0.05, 0) is 56.1 Å². The summed E-state index contributed by atoms with van der Waals surface area (Å²) in [5.74, 6) is 1.50. The third kappa shape index (κ3) is 4.00. The maximum atomic E-state index is 12.4. The molecular weight excluding hydrogens is 324 g/mol. The smallest absolute Gasteiger partial charge is 0.252 e. The molecule has 2 aromatic rings. The van der Waals surface area contributed by atoms with Crippen molar-refractivity contribution in [3.05, 3.63) is 59.0 Å². The lowest BCUT2D eigenvalue weighted by Gasteiger charge is -2.35. The number of nitrogens with zero attached hydrogens (tertiary/aromatic N) is 1. The van der Waals surface area contributed by atoms with Gasteiger partial charge in [-0.3, -0.25) is 9.69 Å². The summed E-state index contributed by atoms with van der Waals surface area (Å²) in [5, 5.41) is 3.48. The Hall–Kier alpha value is -1.78. The molecule has 2 heterocycles. The van der Waals surface area contributed by atoms with Gasteiger partial charge in [0.15, 0.2) is 0 Å². The van der Waals surface area contributed by atoms with Crippen molar-refractivity contribution < 1.29 is 9.21 Å². The summed E-state index contributed by atoms with van der Waals surface area (Å²) in [5.41, 5.74) is 0.504. The Bertz CT molecular complexity index is 664. The summed E-state index contributed by atoms with van der Waals surface area (Å²) < 4.78 is 5.62. The van der Waals surface area contributed by atoms with Crippen LogP contribution in [-0.4, -0.2) is 30.4 Å². The van der Waals surface area contributed by atoms with Crippen LogP contribution in [0.4, 0.5) is 0 Å². The molecule has 3 rings (SSSR count). The lowest BCUT2D eigenvalue weighted by Crippen LogP contribution is -2.41. The molecule has 1 N–H and O–H groups in total. The second kappa shape index (κ2) is 7.86. The minimum atomic E-state index is -0.150. The first-order valence-corrected chi connectivity index (χ1v) is 8.83. The summed E-state index contributed by atoms with van der Waals surface area (Å²) in [7, 11) is 0. The number of carbonyl (C=O) groups is 1. The Kier molecular flexibility index (Phi) is 5.59. The van der Waals surface area contributed by atoms with Crippen LogP contribution in [0.25, 0.3) is 0 Å². The minimum absolute atomic E-state index is 0.0546. The number of rotatable bonds is 5. The highest BCUT2D eigenvalue weighted by atomic mass is 35.5. The predicted molar refractivity (Wildman–Crippen MR) is 95.2 cm³/mol. The van der Waals surface area contributed by atoms with E-state index < -0.39 is 0 Å². The molecule has 0 radical (unpaired) electrons. The molecular formula is C19H23ClN2O2. The summed E-state index contributed by atoms with van der Waals surface area (Å²) in [6.07, 6.45) is 4.04. The van der Waals surface area contributed by atoms with Crippen LogP contribution in [0.3, 0.4) is 0 Å². The fraction of sp³-hybridized carbons (Fsp3) is 0.421. The van der Waals surface area contributed by atoms with Crippen LogP contribution in [0, 0.1) is 5.92 Å². The normalized spacial score (nSPS) is 17.6. The second-order valence-corrected chi connectivity index (χ2v) is 6.85. The van der Waals surface area contributed by atoms with Crippen molar-refractivity contribution in [3.8, 4) is 0 Å². The molecule has 1 aliphatic rings. The van der Waals surface area contributed by atoms with Gasteiger partial charge in [0.05, 0.1) is 22.9 Å². The molecule has 24 heavy (non-hydrogen) atoms. The van der Waals surface area contributed by atoms with Crippen LogP contribution in [0.1, 0.15) is 41.9 Å². The lowest BCUT2D eigenvalue weighted by molar-refractivity contribution is 0.0896. The van der Waals surface area contributed by atoms with E-state index in [9.17, 15) is 4.79 Å². The van der Waals surface area contributed by atoms with E-state index in [1.807, 2.05) is 24.3 Å². The number of halogens is 1. The zero-order chi connectivity index (χ0) is 16.9. The molecule has 1 saturated heterocycles. The number of hydrogen-bond acceptors (Lipinski definition) is 3. The molecule has 4 nitrogen and oxygen atoms in total. The van der Waals surface area contributed by atoms with E-state index in [1.165, 1.54) is 12.8 Å². The Morgan fingerprint density at radius 2 is 2.04 bits per heavy atom. The third-order valence-corrected chi connectivity index (χ3v) is 5.03. The van der Waals surface area contributed by atoms with Gasteiger partial charge >= 0.3 is 0 Å². The average Bonchev–Trinajstić information content (AvgIpc) is 3.11. The van der Waals surface area contributed by atoms with E-state index in [4.69, 9.17) is 16.0 Å². The molecule has 0 aliphatic carbocycles. The van der Waals surface area contributed by atoms with E-state index in [2.05, 4.69) is 17.1 Å². The topological polar surface area (TPSA) is 45.5 Å². The zero-order valence-corrected chi connectivity index (χ0v) is 14.6. The van der Waals surface area contributed by atoms with Crippen molar-refractivity contribution in [3.63, 3.8) is 0 Å². The molecule has 1 atom stereocenters. The van der Waals surface area contributed by atoms with Gasteiger partial charge in [-0.25, -0.2) is 0 Å². The largest absolute Gasteiger partial charge is 0.468 e. The SMILES string of the molecule is CC1CCN(C(CNC(=O)c2ccccc2Cl)c2ccco2)CC1. The standard InChI is InChI=1S/C19H23ClN2O2/c1-14-8-10-22(11-9-14)17(18-7-4-12-24-18)13-21-19(23)15-5-2-3-6-16(15)20/h2-7,12,14,17H,8-11,13H2,1H3,(H,21,23). The number of carbonyl (C=O) groups excluding carboxylic acids is 1. The van der Waals surface area contributed by atoms with Crippen LogP contribution < -0.4 is 5.32 Å². The lowest BCUT2D eigenvalue weighted by atomic mass is 9.97. The van der Waals surface area contributed by atoms with Crippen LogP contribution in [0.2, 0.25) is 5.02 Å². The van der Waals surface area contributed by atoms with Gasteiger partial charge in [-0.1, -0.05) is 30.7 Å². The monoisotopic (exact) mass is 346 g/mol. The van der Waals surface area contributed by atoms with Crippen LogP contribution in [0.15, 0.2) is 47.1 Å². The molecule has 1 unspecified atom stereocenters. The Morgan fingerprint density at radius 1 is 1.29 bits per heavy atom. The number of piperidine rings is 1. The minimum Gasteiger partial charge on any atom is -0.468 e. The first kappa shape index (κ1) is 17.1. The molecule has 0 spiro atoms. The number of benzene rings is 1. The molecule has 1 aliphatic heterocycles. The summed E-state index contributed by atoms with van der Waals surface area (Å²) >= 11 is 6.11. The van der Waals surface area contributed by atoms with Gasteiger partial charge in [0, 0.05) is 6.54 Å². The summed E-state index contributed by atoms with van der Waals surface area (Å²) in [6.45, 7) is 4.84. The molecule has 5 heteroatoms. The van der Waals surface area contributed by atoms with Gasteiger partial charge in [-0.15, -0.1) is 0 Å². The fourth-order valence-electron chi connectivity index (χ4n) is 3.16. The van der Waals surface area contributed by atoms with Crippen molar-refractivity contribution in [1.82, 2.24) is 10.2 Å². The molecule has 0 bridgehead atoms. The highest BCUT2D eigenvalue weighted by molar-refractivity contribution is 6.33. The van der Waals surface area contributed by atoms with Gasteiger partial charge in [0.2, 0.25) is 0 Å². The average molecular weight is 347 g/mol. The molecule has 128 valence electrons.